The maximum absolute atomic E-state index is 12.1. The number of hydrazone groups is 1. The monoisotopic (exact) mass is 491 g/mol. The minimum Gasteiger partial charge on any atom is -0.490 e. The summed E-state index contributed by atoms with van der Waals surface area (Å²) in [5.41, 5.74) is 1.89. The van der Waals surface area contributed by atoms with Crippen molar-refractivity contribution in [2.75, 3.05) is 13.2 Å². The number of amides is 2. The average molecular weight is 492 g/mol. The van der Waals surface area contributed by atoms with E-state index in [4.69, 9.17) is 9.47 Å². The normalized spacial score (nSPS) is 15.5. The van der Waals surface area contributed by atoms with Gasteiger partial charge in [-0.2, -0.15) is 0 Å². The quantitative estimate of drug-likeness (QED) is 0.611. The Morgan fingerprint density at radius 2 is 1.93 bits per heavy atom. The van der Waals surface area contributed by atoms with Crippen LogP contribution in [-0.4, -0.2) is 35.2 Å². The molecule has 158 valence electrons. The van der Waals surface area contributed by atoms with Crippen LogP contribution in [0.4, 0.5) is 0 Å². The number of aryl methyl sites for hydroxylation is 1. The van der Waals surface area contributed by atoms with Crippen molar-refractivity contribution in [2.24, 2.45) is 5.10 Å². The molecule has 0 radical (unpaired) electrons. The van der Waals surface area contributed by atoms with Crippen LogP contribution in [-0.2, 0) is 9.59 Å². The summed E-state index contributed by atoms with van der Waals surface area (Å²) in [6.45, 7) is 5.55. The lowest BCUT2D eigenvalue weighted by Crippen LogP contribution is -2.25. The van der Waals surface area contributed by atoms with Gasteiger partial charge in [0.15, 0.2) is 5.17 Å². The number of amidine groups is 1. The van der Waals surface area contributed by atoms with Crippen LogP contribution in [0.3, 0.4) is 0 Å². The lowest BCUT2D eigenvalue weighted by atomic mass is 10.2. The van der Waals surface area contributed by atoms with Crippen LogP contribution in [0.1, 0.15) is 30.3 Å². The van der Waals surface area contributed by atoms with Crippen molar-refractivity contribution in [3.8, 4) is 11.5 Å². The summed E-state index contributed by atoms with van der Waals surface area (Å²) in [6, 6.07) is 13.4. The smallest absolute Gasteiger partial charge is 0.241 e. The molecule has 2 aromatic carbocycles. The van der Waals surface area contributed by atoms with E-state index in [0.717, 1.165) is 21.3 Å². The van der Waals surface area contributed by atoms with Crippen LogP contribution >= 0.6 is 27.7 Å². The lowest BCUT2D eigenvalue weighted by Gasteiger charge is -2.22. The predicted octanol–water partition coefficient (Wildman–Crippen LogP) is 4.22. The summed E-state index contributed by atoms with van der Waals surface area (Å²) in [6.07, 6.45) is 0. The molecule has 1 aliphatic heterocycles. The maximum Gasteiger partial charge on any atom is 0.241 e. The van der Waals surface area contributed by atoms with E-state index in [2.05, 4.69) is 26.3 Å². The molecule has 30 heavy (non-hydrogen) atoms. The second-order valence-electron chi connectivity index (χ2n) is 6.62. The van der Waals surface area contributed by atoms with E-state index < -0.39 is 5.37 Å². The van der Waals surface area contributed by atoms with Gasteiger partial charge in [-0.25, -0.2) is 5.01 Å². The number of carbonyl (C=O) groups is 2. The molecule has 1 heterocycles. The van der Waals surface area contributed by atoms with Crippen molar-refractivity contribution in [2.45, 2.75) is 26.1 Å². The number of halogens is 1. The first-order valence-electron chi connectivity index (χ1n) is 9.28. The van der Waals surface area contributed by atoms with Crippen LogP contribution in [0.5, 0.6) is 11.5 Å². The first-order valence-corrected chi connectivity index (χ1v) is 10.9. The van der Waals surface area contributed by atoms with Gasteiger partial charge in [-0.3, -0.25) is 9.59 Å². The van der Waals surface area contributed by atoms with E-state index in [1.54, 1.807) is 0 Å². The van der Waals surface area contributed by atoms with Gasteiger partial charge in [0.25, 0.3) is 0 Å². The van der Waals surface area contributed by atoms with Crippen molar-refractivity contribution in [1.29, 1.82) is 0 Å². The number of benzene rings is 2. The van der Waals surface area contributed by atoms with Crippen molar-refractivity contribution in [3.05, 3.63) is 58.1 Å². The fourth-order valence-corrected chi connectivity index (χ4v) is 4.36. The number of nitrogens with one attached hydrogen (secondary N) is 1. The third-order valence-electron chi connectivity index (χ3n) is 4.09. The highest BCUT2D eigenvalue weighted by Crippen LogP contribution is 2.43. The van der Waals surface area contributed by atoms with E-state index >= 15 is 0 Å². The minimum atomic E-state index is -0.449. The highest BCUT2D eigenvalue weighted by atomic mass is 79.9. The molecule has 9 heteroatoms. The second-order valence-corrected chi connectivity index (χ2v) is 8.60. The highest BCUT2D eigenvalue weighted by Gasteiger charge is 2.34. The Morgan fingerprint density at radius 3 is 2.63 bits per heavy atom. The number of carbonyl (C=O) groups excluding carboxylic acids is 2. The molecular formula is C21H22BrN3O4S. The Balaban J connectivity index is 1.71. The number of ether oxygens (including phenoxy) is 2. The van der Waals surface area contributed by atoms with Gasteiger partial charge in [-0.1, -0.05) is 39.8 Å². The summed E-state index contributed by atoms with van der Waals surface area (Å²) < 4.78 is 12.6. The van der Waals surface area contributed by atoms with Gasteiger partial charge in [-0.15, -0.1) is 5.10 Å². The molecule has 0 saturated heterocycles. The van der Waals surface area contributed by atoms with Crippen LogP contribution in [0.25, 0.3) is 0 Å². The molecule has 1 atom stereocenters. The largest absolute Gasteiger partial charge is 0.490 e. The molecule has 3 rings (SSSR count). The Morgan fingerprint density at radius 1 is 1.17 bits per heavy atom. The summed E-state index contributed by atoms with van der Waals surface area (Å²) in [5, 5.41) is 8.14. The first-order chi connectivity index (χ1) is 14.3. The van der Waals surface area contributed by atoms with Crippen molar-refractivity contribution in [3.63, 3.8) is 0 Å². The molecule has 7 nitrogen and oxygen atoms in total. The van der Waals surface area contributed by atoms with E-state index in [9.17, 15) is 9.59 Å². The Labute approximate surface area is 187 Å². The fraction of sp³-hybridized carbons (Fsp3) is 0.286. The molecule has 0 spiro atoms. The van der Waals surface area contributed by atoms with Crippen LogP contribution in [0, 0.1) is 6.92 Å². The average Bonchev–Trinajstić information content (AvgIpc) is 3.09. The molecule has 0 unspecified atom stereocenters. The molecule has 0 aliphatic carbocycles. The van der Waals surface area contributed by atoms with Crippen LogP contribution in [0.15, 0.2) is 52.0 Å². The number of thioether (sulfide) groups is 1. The van der Waals surface area contributed by atoms with Crippen LogP contribution < -0.4 is 14.8 Å². The van der Waals surface area contributed by atoms with Crippen molar-refractivity contribution >= 4 is 44.7 Å². The molecule has 0 saturated carbocycles. The van der Waals surface area contributed by atoms with Gasteiger partial charge in [0.1, 0.15) is 30.1 Å². The Hall–Kier alpha value is -2.52. The van der Waals surface area contributed by atoms with Gasteiger partial charge in [0, 0.05) is 23.9 Å². The Bertz CT molecular complexity index is 982. The molecule has 1 aliphatic rings. The number of hydrogen-bond donors (Lipinski definition) is 1. The second kappa shape index (κ2) is 9.99. The number of nitrogens with zero attached hydrogens (tertiary/aromatic N) is 2. The maximum atomic E-state index is 12.1. The zero-order valence-electron chi connectivity index (χ0n) is 16.8. The van der Waals surface area contributed by atoms with E-state index in [0.29, 0.717) is 24.1 Å². The summed E-state index contributed by atoms with van der Waals surface area (Å²) >= 11 is 4.76. The molecular weight excluding hydrogens is 470 g/mol. The number of rotatable bonds is 6. The first kappa shape index (κ1) is 22.2. The molecule has 1 N–H and O–H groups in total. The SMILES string of the molecule is CC(=O)NC1=NN(C(C)=O)[C@H](c2cc(Br)ccc2OCCOc2cccc(C)c2)S1. The molecule has 0 bridgehead atoms. The fourth-order valence-electron chi connectivity index (χ4n) is 2.83. The van der Waals surface area contributed by atoms with Gasteiger partial charge in [0.05, 0.1) is 0 Å². The lowest BCUT2D eigenvalue weighted by molar-refractivity contribution is -0.129. The Kier molecular flexibility index (Phi) is 7.38. The standard InChI is InChI=1S/C21H22BrN3O4S/c1-13-5-4-6-17(11-13)28-9-10-29-19-8-7-16(22)12-18(19)20-25(15(3)27)24-21(30-20)23-14(2)26/h4-8,11-12,20H,9-10H2,1-3H3,(H,23,24,26)/t20-/m0/s1. The van der Waals surface area contributed by atoms with Crippen molar-refractivity contribution < 1.29 is 19.1 Å². The summed E-state index contributed by atoms with van der Waals surface area (Å²) in [7, 11) is 0. The van der Waals surface area contributed by atoms with E-state index in [-0.39, 0.29) is 11.8 Å². The highest BCUT2D eigenvalue weighted by molar-refractivity contribution is 9.10. The molecule has 0 fully saturated rings. The van der Waals surface area contributed by atoms with E-state index in [1.165, 1.54) is 30.6 Å². The summed E-state index contributed by atoms with van der Waals surface area (Å²) in [5.74, 6) is 0.928. The molecule has 2 aromatic rings. The van der Waals surface area contributed by atoms with Gasteiger partial charge in [0.2, 0.25) is 11.8 Å². The minimum absolute atomic E-state index is 0.235. The van der Waals surface area contributed by atoms with Gasteiger partial charge >= 0.3 is 0 Å². The zero-order chi connectivity index (χ0) is 21.7. The topological polar surface area (TPSA) is 80.2 Å². The zero-order valence-corrected chi connectivity index (χ0v) is 19.2. The molecule has 0 aromatic heterocycles. The molecule has 2 amide bonds. The van der Waals surface area contributed by atoms with Gasteiger partial charge < -0.3 is 14.8 Å². The van der Waals surface area contributed by atoms with Crippen molar-refractivity contribution in [1.82, 2.24) is 10.3 Å². The predicted molar refractivity (Wildman–Crippen MR) is 120 cm³/mol. The van der Waals surface area contributed by atoms with Gasteiger partial charge in [-0.05, 0) is 42.8 Å². The van der Waals surface area contributed by atoms with Crippen LogP contribution in [0.2, 0.25) is 0 Å². The summed E-state index contributed by atoms with van der Waals surface area (Å²) in [4.78, 5) is 23.5. The third kappa shape index (κ3) is 5.76. The van der Waals surface area contributed by atoms with E-state index in [1.807, 2.05) is 49.4 Å². The third-order valence-corrected chi connectivity index (χ3v) is 5.66. The number of hydrogen-bond acceptors (Lipinski definition) is 6.